The Morgan fingerprint density at radius 2 is 2.10 bits per heavy atom. The fourth-order valence-corrected chi connectivity index (χ4v) is 2.30. The molecule has 6 heteroatoms. The number of nitrogens with one attached hydrogen (secondary N) is 1. The Morgan fingerprint density at radius 3 is 2.70 bits per heavy atom. The summed E-state index contributed by atoms with van der Waals surface area (Å²) < 4.78 is 19.7. The van der Waals surface area contributed by atoms with Gasteiger partial charge in [-0.2, -0.15) is 0 Å². The van der Waals surface area contributed by atoms with Gasteiger partial charge in [-0.3, -0.25) is 0 Å². The molecule has 1 unspecified atom stereocenters. The van der Waals surface area contributed by atoms with Gasteiger partial charge < -0.3 is 10.1 Å². The number of rotatable bonds is 5. The van der Waals surface area contributed by atoms with Crippen molar-refractivity contribution in [2.75, 3.05) is 13.7 Å². The Balaban J connectivity index is 2.41. The largest absolute Gasteiger partial charge is 0.480 e. The fraction of sp³-hybridized carbons (Fsp3) is 0.286. The quantitative estimate of drug-likeness (QED) is 0.909. The second-order valence-corrected chi connectivity index (χ2v) is 4.99. The van der Waals surface area contributed by atoms with Gasteiger partial charge in [-0.1, -0.05) is 19.1 Å². The molecule has 0 saturated heterocycles. The summed E-state index contributed by atoms with van der Waals surface area (Å²) in [6.45, 7) is 2.64. The molecule has 1 heterocycles. The lowest BCUT2D eigenvalue weighted by Crippen LogP contribution is -2.24. The highest BCUT2D eigenvalue weighted by Crippen LogP contribution is 2.27. The van der Waals surface area contributed by atoms with Gasteiger partial charge in [-0.15, -0.1) is 10.2 Å². The van der Waals surface area contributed by atoms with E-state index >= 15 is 0 Å². The van der Waals surface area contributed by atoms with E-state index in [9.17, 15) is 4.39 Å². The summed E-state index contributed by atoms with van der Waals surface area (Å²) in [5.41, 5.74) is 1.17. The van der Waals surface area contributed by atoms with Crippen LogP contribution < -0.4 is 10.1 Å². The number of hydrogen-bond acceptors (Lipinski definition) is 4. The Morgan fingerprint density at radius 1 is 1.30 bits per heavy atom. The average molecular weight is 340 g/mol. The van der Waals surface area contributed by atoms with E-state index in [0.717, 1.165) is 0 Å². The predicted octanol–water partition coefficient (Wildman–Crippen LogP) is 3.09. The molecule has 0 bridgehead atoms. The third-order valence-electron chi connectivity index (χ3n) is 2.87. The zero-order valence-electron chi connectivity index (χ0n) is 11.2. The molecule has 1 aromatic heterocycles. The maximum atomic E-state index is 14.2. The smallest absolute Gasteiger partial charge is 0.233 e. The summed E-state index contributed by atoms with van der Waals surface area (Å²) in [5, 5.41) is 11.2. The van der Waals surface area contributed by atoms with Gasteiger partial charge in [0.2, 0.25) is 5.88 Å². The van der Waals surface area contributed by atoms with E-state index in [1.54, 1.807) is 30.3 Å². The Bertz CT molecular complexity index is 577. The lowest BCUT2D eigenvalue weighted by molar-refractivity contribution is 0.390. The van der Waals surface area contributed by atoms with E-state index < -0.39 is 0 Å². The van der Waals surface area contributed by atoms with Gasteiger partial charge in [0.15, 0.2) is 0 Å². The molecule has 1 N–H and O–H groups in total. The van der Waals surface area contributed by atoms with Gasteiger partial charge in [-0.05, 0) is 34.6 Å². The van der Waals surface area contributed by atoms with Crippen molar-refractivity contribution < 1.29 is 9.13 Å². The Hall–Kier alpha value is -1.53. The third kappa shape index (κ3) is 3.13. The van der Waals surface area contributed by atoms with Crippen molar-refractivity contribution in [3.63, 3.8) is 0 Å². The molecule has 2 rings (SSSR count). The summed E-state index contributed by atoms with van der Waals surface area (Å²) in [6, 6.07) is 8.34. The van der Waals surface area contributed by atoms with Crippen LogP contribution in [0.1, 0.15) is 24.2 Å². The van der Waals surface area contributed by atoms with E-state index in [0.29, 0.717) is 28.2 Å². The first kappa shape index (κ1) is 14.9. The standard InChI is InChI=1S/C14H15BrFN3O/c1-3-17-14(9-5-4-6-10(15)13(9)16)11-7-8-12(20-2)19-18-11/h4-8,14,17H,3H2,1-2H3. The number of nitrogens with zero attached hydrogens (tertiary/aromatic N) is 2. The van der Waals surface area contributed by atoms with Crippen LogP contribution in [0.5, 0.6) is 5.88 Å². The molecule has 4 nitrogen and oxygen atoms in total. The normalized spacial score (nSPS) is 12.2. The number of aromatic nitrogens is 2. The minimum atomic E-state index is -0.351. The van der Waals surface area contributed by atoms with Gasteiger partial charge in [0.25, 0.3) is 0 Å². The fourth-order valence-electron chi connectivity index (χ4n) is 1.91. The van der Waals surface area contributed by atoms with Crippen molar-refractivity contribution in [3.8, 4) is 5.88 Å². The zero-order chi connectivity index (χ0) is 14.5. The molecular formula is C14H15BrFN3O. The molecule has 0 aliphatic heterocycles. The monoisotopic (exact) mass is 339 g/mol. The van der Waals surface area contributed by atoms with Gasteiger partial charge in [0.05, 0.1) is 23.3 Å². The maximum Gasteiger partial charge on any atom is 0.233 e. The van der Waals surface area contributed by atoms with Gasteiger partial charge in [0.1, 0.15) is 5.82 Å². The van der Waals surface area contributed by atoms with Crippen LogP contribution >= 0.6 is 15.9 Å². The van der Waals surface area contributed by atoms with Gasteiger partial charge >= 0.3 is 0 Å². The molecule has 1 aromatic carbocycles. The number of ether oxygens (including phenoxy) is 1. The molecule has 0 amide bonds. The van der Waals surface area contributed by atoms with E-state index in [1.807, 2.05) is 6.92 Å². The van der Waals surface area contributed by atoms with Crippen LogP contribution in [0.15, 0.2) is 34.8 Å². The molecule has 0 saturated carbocycles. The first-order chi connectivity index (χ1) is 9.67. The molecule has 106 valence electrons. The van der Waals surface area contributed by atoms with Crippen molar-refractivity contribution >= 4 is 15.9 Å². The second-order valence-electron chi connectivity index (χ2n) is 4.13. The highest BCUT2D eigenvalue weighted by atomic mass is 79.9. The van der Waals surface area contributed by atoms with Gasteiger partial charge in [-0.25, -0.2) is 4.39 Å². The van der Waals surface area contributed by atoms with Crippen LogP contribution in [-0.4, -0.2) is 23.9 Å². The molecule has 0 radical (unpaired) electrons. The van der Waals surface area contributed by atoms with E-state index in [2.05, 4.69) is 31.4 Å². The van der Waals surface area contributed by atoms with Crippen LogP contribution in [0.25, 0.3) is 0 Å². The van der Waals surface area contributed by atoms with Crippen LogP contribution in [0, 0.1) is 5.82 Å². The minimum Gasteiger partial charge on any atom is -0.480 e. The average Bonchev–Trinajstić information content (AvgIpc) is 2.48. The molecule has 0 fully saturated rings. The summed E-state index contributed by atoms with van der Waals surface area (Å²) in [5.74, 6) is 0.134. The predicted molar refractivity (Wildman–Crippen MR) is 78.2 cm³/mol. The number of halogens is 2. The molecule has 0 aliphatic rings. The highest BCUT2D eigenvalue weighted by molar-refractivity contribution is 9.10. The molecule has 1 atom stereocenters. The minimum absolute atomic E-state index is 0.295. The first-order valence-electron chi connectivity index (χ1n) is 6.22. The number of hydrogen-bond donors (Lipinski definition) is 1. The van der Waals surface area contributed by atoms with Crippen molar-refractivity contribution in [1.29, 1.82) is 0 Å². The van der Waals surface area contributed by atoms with Crippen molar-refractivity contribution in [2.24, 2.45) is 0 Å². The van der Waals surface area contributed by atoms with E-state index in [-0.39, 0.29) is 11.9 Å². The molecule has 0 aliphatic carbocycles. The summed E-state index contributed by atoms with van der Waals surface area (Å²) in [6.07, 6.45) is 0. The Kier molecular flexibility index (Phi) is 5.03. The van der Waals surface area contributed by atoms with Crippen LogP contribution in [0.4, 0.5) is 4.39 Å². The van der Waals surface area contributed by atoms with E-state index in [4.69, 9.17) is 4.74 Å². The van der Waals surface area contributed by atoms with Gasteiger partial charge in [0, 0.05) is 11.6 Å². The van der Waals surface area contributed by atoms with Crippen molar-refractivity contribution in [2.45, 2.75) is 13.0 Å². The first-order valence-corrected chi connectivity index (χ1v) is 7.01. The second kappa shape index (κ2) is 6.76. The lowest BCUT2D eigenvalue weighted by Gasteiger charge is -2.18. The number of methoxy groups -OCH3 is 1. The third-order valence-corrected chi connectivity index (χ3v) is 3.48. The molecule has 0 spiro atoms. The summed E-state index contributed by atoms with van der Waals surface area (Å²) >= 11 is 3.20. The van der Waals surface area contributed by atoms with Crippen LogP contribution in [0.2, 0.25) is 0 Å². The summed E-state index contributed by atoms with van der Waals surface area (Å²) in [4.78, 5) is 0. The molecule has 2 aromatic rings. The van der Waals surface area contributed by atoms with Crippen molar-refractivity contribution in [1.82, 2.24) is 15.5 Å². The Labute approximate surface area is 125 Å². The van der Waals surface area contributed by atoms with Crippen molar-refractivity contribution in [3.05, 3.63) is 51.9 Å². The van der Waals surface area contributed by atoms with Crippen LogP contribution in [-0.2, 0) is 0 Å². The number of benzene rings is 1. The van der Waals surface area contributed by atoms with E-state index in [1.165, 1.54) is 7.11 Å². The molecule has 20 heavy (non-hydrogen) atoms. The summed E-state index contributed by atoms with van der Waals surface area (Å²) in [7, 11) is 1.53. The lowest BCUT2D eigenvalue weighted by atomic mass is 10.0. The topological polar surface area (TPSA) is 47.0 Å². The maximum absolute atomic E-state index is 14.2. The molecular weight excluding hydrogens is 325 g/mol. The zero-order valence-corrected chi connectivity index (χ0v) is 12.8. The van der Waals surface area contributed by atoms with Crippen LogP contribution in [0.3, 0.4) is 0 Å². The highest BCUT2D eigenvalue weighted by Gasteiger charge is 2.20. The SMILES string of the molecule is CCNC(c1ccc(OC)nn1)c1cccc(Br)c1F.